The van der Waals surface area contributed by atoms with E-state index in [4.69, 9.17) is 4.74 Å². The predicted molar refractivity (Wildman–Crippen MR) is 73.8 cm³/mol. The number of β-amino-alcohol motifs (C(OH)–C–C–N with tert-alkyl or cyclic N) is 1. The molecule has 4 heteroatoms. The zero-order valence-electron chi connectivity index (χ0n) is 12.0. The van der Waals surface area contributed by atoms with Crippen LogP contribution in [0.3, 0.4) is 0 Å². The number of likely N-dealkylation sites (tertiary alicyclic amines) is 1. The van der Waals surface area contributed by atoms with Crippen molar-refractivity contribution in [2.45, 2.75) is 51.6 Å². The lowest BCUT2D eigenvalue weighted by atomic mass is 9.75. The van der Waals surface area contributed by atoms with Crippen molar-refractivity contribution < 1.29 is 14.6 Å². The number of esters is 1. The molecule has 2 fully saturated rings. The number of rotatable bonds is 5. The molecule has 1 saturated heterocycles. The van der Waals surface area contributed by atoms with Crippen LogP contribution in [0.1, 0.15) is 45.4 Å². The number of ether oxygens (including phenoxy) is 1. The lowest BCUT2D eigenvalue weighted by Gasteiger charge is -2.41. The van der Waals surface area contributed by atoms with Crippen molar-refractivity contribution >= 4 is 5.97 Å². The van der Waals surface area contributed by atoms with Crippen molar-refractivity contribution in [2.24, 2.45) is 11.8 Å². The maximum Gasteiger partial charge on any atom is 0.308 e. The van der Waals surface area contributed by atoms with Crippen molar-refractivity contribution in [3.63, 3.8) is 0 Å². The third kappa shape index (κ3) is 4.46. The van der Waals surface area contributed by atoms with Crippen LogP contribution in [0.25, 0.3) is 0 Å². The molecule has 0 aromatic carbocycles. The molecule has 3 atom stereocenters. The fourth-order valence-electron chi connectivity index (χ4n) is 3.62. The van der Waals surface area contributed by atoms with E-state index in [9.17, 15) is 9.90 Å². The van der Waals surface area contributed by atoms with Crippen molar-refractivity contribution in [3.05, 3.63) is 0 Å². The Kier molecular flexibility index (Phi) is 5.64. The summed E-state index contributed by atoms with van der Waals surface area (Å²) in [6.45, 7) is 4.96. The highest BCUT2D eigenvalue weighted by Gasteiger charge is 2.31. The number of aliphatic hydroxyl groups excluding tert-OH is 1. The van der Waals surface area contributed by atoms with Gasteiger partial charge in [0.05, 0.1) is 19.1 Å². The van der Waals surface area contributed by atoms with E-state index in [1.54, 1.807) is 6.92 Å². The number of fused-ring (bicyclic) bond motifs is 1. The Bertz CT molecular complexity index is 295. The molecule has 3 unspecified atom stereocenters. The van der Waals surface area contributed by atoms with E-state index in [0.29, 0.717) is 13.2 Å². The van der Waals surface area contributed by atoms with E-state index >= 15 is 0 Å². The van der Waals surface area contributed by atoms with Gasteiger partial charge in [0.15, 0.2) is 0 Å². The quantitative estimate of drug-likeness (QED) is 0.773. The Morgan fingerprint density at radius 2 is 2.05 bits per heavy atom. The van der Waals surface area contributed by atoms with E-state index in [-0.39, 0.29) is 12.4 Å². The minimum atomic E-state index is -0.584. The summed E-state index contributed by atoms with van der Waals surface area (Å²) in [6, 6.07) is 0. The van der Waals surface area contributed by atoms with Crippen LogP contribution < -0.4 is 0 Å². The van der Waals surface area contributed by atoms with Crippen LogP contribution in [0, 0.1) is 11.8 Å². The average molecular weight is 269 g/mol. The van der Waals surface area contributed by atoms with Gasteiger partial charge in [0.25, 0.3) is 0 Å². The van der Waals surface area contributed by atoms with Gasteiger partial charge < -0.3 is 14.7 Å². The Morgan fingerprint density at radius 3 is 2.79 bits per heavy atom. The average Bonchev–Trinajstić information content (AvgIpc) is 2.38. The van der Waals surface area contributed by atoms with Gasteiger partial charge >= 0.3 is 5.97 Å². The zero-order valence-corrected chi connectivity index (χ0v) is 12.0. The summed E-state index contributed by atoms with van der Waals surface area (Å²) in [6.07, 6.45) is 6.29. The normalized spacial score (nSPS) is 29.6. The van der Waals surface area contributed by atoms with Crippen LogP contribution >= 0.6 is 0 Å². The smallest absolute Gasteiger partial charge is 0.308 e. The summed E-state index contributed by atoms with van der Waals surface area (Å²) in [7, 11) is 0. The van der Waals surface area contributed by atoms with Crippen LogP contribution in [-0.4, -0.2) is 48.3 Å². The molecule has 19 heavy (non-hydrogen) atoms. The van der Waals surface area contributed by atoms with Gasteiger partial charge in [0, 0.05) is 13.1 Å². The molecule has 1 aliphatic heterocycles. The fourth-order valence-corrected chi connectivity index (χ4v) is 3.62. The summed E-state index contributed by atoms with van der Waals surface area (Å²) >= 11 is 0. The Balaban J connectivity index is 1.72. The zero-order chi connectivity index (χ0) is 13.7. The Morgan fingerprint density at radius 1 is 1.32 bits per heavy atom. The molecule has 1 N–H and O–H groups in total. The molecule has 1 saturated carbocycles. The van der Waals surface area contributed by atoms with Crippen LogP contribution in [0.2, 0.25) is 0 Å². The number of carbonyl (C=O) groups excluding carboxylic acids is 1. The predicted octanol–water partition coefficient (Wildman–Crippen LogP) is 1.81. The van der Waals surface area contributed by atoms with E-state index in [0.717, 1.165) is 24.9 Å². The minimum Gasteiger partial charge on any atom is -0.466 e. The highest BCUT2D eigenvalue weighted by atomic mass is 16.5. The van der Waals surface area contributed by atoms with E-state index in [2.05, 4.69) is 4.90 Å². The molecule has 2 aliphatic rings. The van der Waals surface area contributed by atoms with Crippen molar-refractivity contribution in [1.82, 2.24) is 4.90 Å². The van der Waals surface area contributed by atoms with Gasteiger partial charge in [-0.3, -0.25) is 4.79 Å². The van der Waals surface area contributed by atoms with Crippen molar-refractivity contribution in [1.29, 1.82) is 0 Å². The third-order valence-corrected chi connectivity index (χ3v) is 4.55. The highest BCUT2D eigenvalue weighted by molar-refractivity contribution is 5.69. The van der Waals surface area contributed by atoms with Crippen LogP contribution in [-0.2, 0) is 9.53 Å². The first-order valence-electron chi connectivity index (χ1n) is 7.75. The molecule has 1 heterocycles. The number of hydrogen-bond donors (Lipinski definition) is 1. The molecule has 2 rings (SSSR count). The maximum atomic E-state index is 11.3. The summed E-state index contributed by atoms with van der Waals surface area (Å²) in [5.74, 6) is 1.44. The number of piperidine rings is 1. The molecular weight excluding hydrogens is 242 g/mol. The van der Waals surface area contributed by atoms with Crippen molar-refractivity contribution in [3.8, 4) is 0 Å². The number of hydrogen-bond acceptors (Lipinski definition) is 4. The van der Waals surface area contributed by atoms with Gasteiger partial charge in [-0.25, -0.2) is 0 Å². The number of carbonyl (C=O) groups is 1. The highest BCUT2D eigenvalue weighted by Crippen LogP contribution is 2.35. The summed E-state index contributed by atoms with van der Waals surface area (Å²) in [4.78, 5) is 13.7. The lowest BCUT2D eigenvalue weighted by Crippen LogP contribution is -2.45. The second kappa shape index (κ2) is 7.25. The monoisotopic (exact) mass is 269 g/mol. The van der Waals surface area contributed by atoms with Gasteiger partial charge in [0.1, 0.15) is 0 Å². The molecular formula is C15H27NO3. The largest absolute Gasteiger partial charge is 0.466 e. The Labute approximate surface area is 116 Å². The molecule has 4 nitrogen and oxygen atoms in total. The Hall–Kier alpha value is -0.610. The van der Waals surface area contributed by atoms with E-state index in [1.165, 1.54) is 32.1 Å². The summed E-state index contributed by atoms with van der Waals surface area (Å²) < 4.78 is 4.87. The van der Waals surface area contributed by atoms with E-state index in [1.807, 2.05) is 0 Å². The summed E-state index contributed by atoms with van der Waals surface area (Å²) in [5, 5.41) is 9.95. The van der Waals surface area contributed by atoms with Crippen LogP contribution in [0.5, 0.6) is 0 Å². The van der Waals surface area contributed by atoms with Gasteiger partial charge in [-0.15, -0.1) is 0 Å². The van der Waals surface area contributed by atoms with Crippen molar-refractivity contribution in [2.75, 3.05) is 26.2 Å². The van der Waals surface area contributed by atoms with E-state index < -0.39 is 6.10 Å². The number of nitrogens with zero attached hydrogens (tertiary/aromatic N) is 1. The SMILES string of the molecule is CCOC(=O)CC(O)CN1CCC2CCCCC2C1. The third-order valence-electron chi connectivity index (χ3n) is 4.55. The summed E-state index contributed by atoms with van der Waals surface area (Å²) in [5.41, 5.74) is 0. The number of aliphatic hydroxyl groups is 1. The topological polar surface area (TPSA) is 49.8 Å². The first kappa shape index (κ1) is 14.8. The molecule has 0 bridgehead atoms. The van der Waals surface area contributed by atoms with Gasteiger partial charge in [-0.1, -0.05) is 19.3 Å². The molecule has 110 valence electrons. The van der Waals surface area contributed by atoms with Gasteiger partial charge in [-0.2, -0.15) is 0 Å². The fraction of sp³-hybridized carbons (Fsp3) is 0.933. The van der Waals surface area contributed by atoms with Crippen LogP contribution in [0.15, 0.2) is 0 Å². The first-order valence-corrected chi connectivity index (χ1v) is 7.75. The molecule has 0 aromatic rings. The second-order valence-electron chi connectivity index (χ2n) is 6.02. The molecule has 1 aliphatic carbocycles. The van der Waals surface area contributed by atoms with Crippen LogP contribution in [0.4, 0.5) is 0 Å². The minimum absolute atomic E-state index is 0.123. The van der Waals surface area contributed by atoms with Gasteiger partial charge in [0.2, 0.25) is 0 Å². The molecule has 0 radical (unpaired) electrons. The van der Waals surface area contributed by atoms with Gasteiger partial charge in [-0.05, 0) is 38.1 Å². The lowest BCUT2D eigenvalue weighted by molar-refractivity contribution is -0.145. The first-order chi connectivity index (χ1) is 9.19. The second-order valence-corrected chi connectivity index (χ2v) is 6.02. The standard InChI is InChI=1S/C15H27NO3/c1-2-19-15(18)9-14(17)11-16-8-7-12-5-3-4-6-13(12)10-16/h12-14,17H,2-11H2,1H3. The molecule has 0 spiro atoms. The maximum absolute atomic E-state index is 11.3. The molecule has 0 amide bonds. The molecule has 0 aromatic heterocycles.